The highest BCUT2D eigenvalue weighted by Crippen LogP contribution is 2.20. The molecule has 0 saturated carbocycles. The standard InChI is InChI=1S/C17H21ClN2S/c1-14-2-7-17(21-14)8-9-19-10-12-20(13-11-19)16-5-3-15(18)4-6-16/h2-7H,8-13H2,1H3. The summed E-state index contributed by atoms with van der Waals surface area (Å²) in [5, 5.41) is 0.809. The summed E-state index contributed by atoms with van der Waals surface area (Å²) in [5.41, 5.74) is 1.29. The van der Waals surface area contributed by atoms with E-state index in [1.54, 1.807) is 0 Å². The Bertz CT molecular complexity index is 571. The summed E-state index contributed by atoms with van der Waals surface area (Å²) in [5.74, 6) is 0. The molecule has 4 heteroatoms. The number of thiophene rings is 1. The van der Waals surface area contributed by atoms with Gasteiger partial charge in [0, 0.05) is 53.2 Å². The molecule has 2 heterocycles. The third kappa shape index (κ3) is 4.00. The predicted molar refractivity (Wildman–Crippen MR) is 92.9 cm³/mol. The summed E-state index contributed by atoms with van der Waals surface area (Å²) in [6.45, 7) is 7.85. The molecule has 0 aliphatic carbocycles. The lowest BCUT2D eigenvalue weighted by atomic mass is 10.2. The van der Waals surface area contributed by atoms with E-state index in [1.165, 1.54) is 28.4 Å². The lowest BCUT2D eigenvalue weighted by Crippen LogP contribution is -2.46. The number of piperazine rings is 1. The highest BCUT2D eigenvalue weighted by atomic mass is 35.5. The number of nitrogens with zero attached hydrogens (tertiary/aromatic N) is 2. The summed E-state index contributed by atoms with van der Waals surface area (Å²) < 4.78 is 0. The van der Waals surface area contributed by atoms with Gasteiger partial charge in [-0.25, -0.2) is 0 Å². The van der Waals surface area contributed by atoms with E-state index in [-0.39, 0.29) is 0 Å². The maximum Gasteiger partial charge on any atom is 0.0407 e. The molecule has 1 aromatic carbocycles. The van der Waals surface area contributed by atoms with Crippen LogP contribution >= 0.6 is 22.9 Å². The van der Waals surface area contributed by atoms with Crippen LogP contribution in [0.2, 0.25) is 5.02 Å². The lowest BCUT2D eigenvalue weighted by molar-refractivity contribution is 0.261. The molecule has 3 rings (SSSR count). The number of anilines is 1. The average molecular weight is 321 g/mol. The Morgan fingerprint density at radius 2 is 1.71 bits per heavy atom. The molecular formula is C17H21ClN2S. The predicted octanol–water partition coefficient (Wildman–Crippen LogP) is 4.07. The summed E-state index contributed by atoms with van der Waals surface area (Å²) in [4.78, 5) is 7.94. The molecule has 0 amide bonds. The normalized spacial score (nSPS) is 16.4. The third-order valence-electron chi connectivity index (χ3n) is 4.03. The monoisotopic (exact) mass is 320 g/mol. The van der Waals surface area contributed by atoms with Gasteiger partial charge in [-0.1, -0.05) is 11.6 Å². The van der Waals surface area contributed by atoms with Gasteiger partial charge in [-0.05, 0) is 49.7 Å². The van der Waals surface area contributed by atoms with Crippen molar-refractivity contribution in [2.75, 3.05) is 37.6 Å². The van der Waals surface area contributed by atoms with Gasteiger partial charge in [0.2, 0.25) is 0 Å². The van der Waals surface area contributed by atoms with E-state index in [0.717, 1.165) is 31.2 Å². The van der Waals surface area contributed by atoms with Crippen molar-refractivity contribution in [1.82, 2.24) is 4.90 Å². The second kappa shape index (κ2) is 6.82. The van der Waals surface area contributed by atoms with Gasteiger partial charge in [-0.2, -0.15) is 0 Å². The molecule has 1 fully saturated rings. The van der Waals surface area contributed by atoms with Gasteiger partial charge >= 0.3 is 0 Å². The molecule has 2 aromatic rings. The van der Waals surface area contributed by atoms with E-state index >= 15 is 0 Å². The Labute approximate surface area is 136 Å². The van der Waals surface area contributed by atoms with Gasteiger partial charge in [-0.15, -0.1) is 11.3 Å². The van der Waals surface area contributed by atoms with Gasteiger partial charge < -0.3 is 4.90 Å². The number of halogens is 1. The summed E-state index contributed by atoms with van der Waals surface area (Å²) >= 11 is 7.87. The minimum Gasteiger partial charge on any atom is -0.369 e. The van der Waals surface area contributed by atoms with Crippen LogP contribution in [0.1, 0.15) is 9.75 Å². The number of benzene rings is 1. The summed E-state index contributed by atoms with van der Waals surface area (Å²) in [6.07, 6.45) is 1.18. The van der Waals surface area contributed by atoms with Crippen LogP contribution in [0.3, 0.4) is 0 Å². The van der Waals surface area contributed by atoms with Crippen LogP contribution in [0.25, 0.3) is 0 Å². The second-order valence-electron chi connectivity index (χ2n) is 5.57. The van der Waals surface area contributed by atoms with E-state index in [4.69, 9.17) is 11.6 Å². The van der Waals surface area contributed by atoms with Crippen molar-refractivity contribution >= 4 is 28.6 Å². The SMILES string of the molecule is Cc1ccc(CCN2CCN(c3ccc(Cl)cc3)CC2)s1. The van der Waals surface area contributed by atoms with Crippen LogP contribution in [0.5, 0.6) is 0 Å². The molecule has 0 atom stereocenters. The zero-order valence-electron chi connectivity index (χ0n) is 12.4. The van der Waals surface area contributed by atoms with Crippen molar-refractivity contribution in [3.63, 3.8) is 0 Å². The lowest BCUT2D eigenvalue weighted by Gasteiger charge is -2.36. The first-order chi connectivity index (χ1) is 10.2. The molecule has 0 spiro atoms. The fourth-order valence-corrected chi connectivity index (χ4v) is 3.77. The minimum atomic E-state index is 0.809. The first-order valence-electron chi connectivity index (χ1n) is 7.49. The maximum absolute atomic E-state index is 5.95. The highest BCUT2D eigenvalue weighted by Gasteiger charge is 2.17. The zero-order chi connectivity index (χ0) is 14.7. The molecule has 0 N–H and O–H groups in total. The van der Waals surface area contributed by atoms with E-state index in [1.807, 2.05) is 23.5 Å². The zero-order valence-corrected chi connectivity index (χ0v) is 14.0. The smallest absolute Gasteiger partial charge is 0.0407 e. The van der Waals surface area contributed by atoms with Gasteiger partial charge in [-0.3, -0.25) is 4.90 Å². The van der Waals surface area contributed by atoms with Crippen molar-refractivity contribution in [2.24, 2.45) is 0 Å². The third-order valence-corrected chi connectivity index (χ3v) is 5.35. The van der Waals surface area contributed by atoms with Crippen LogP contribution in [0.15, 0.2) is 36.4 Å². The second-order valence-corrected chi connectivity index (χ2v) is 7.38. The Hall–Kier alpha value is -1.03. The van der Waals surface area contributed by atoms with Gasteiger partial charge in [0.1, 0.15) is 0 Å². The molecule has 1 aliphatic rings. The molecular weight excluding hydrogens is 300 g/mol. The molecule has 2 nitrogen and oxygen atoms in total. The van der Waals surface area contributed by atoms with E-state index in [0.29, 0.717) is 0 Å². The van der Waals surface area contributed by atoms with Gasteiger partial charge in [0.15, 0.2) is 0 Å². The van der Waals surface area contributed by atoms with Gasteiger partial charge in [0.05, 0.1) is 0 Å². The summed E-state index contributed by atoms with van der Waals surface area (Å²) in [7, 11) is 0. The number of rotatable bonds is 4. The first kappa shape index (κ1) is 14.9. The Balaban J connectivity index is 1.47. The summed E-state index contributed by atoms with van der Waals surface area (Å²) in [6, 6.07) is 12.7. The maximum atomic E-state index is 5.95. The fourth-order valence-electron chi connectivity index (χ4n) is 2.77. The Kier molecular flexibility index (Phi) is 4.84. The molecule has 1 aromatic heterocycles. The minimum absolute atomic E-state index is 0.809. The number of hydrogen-bond acceptors (Lipinski definition) is 3. The highest BCUT2D eigenvalue weighted by molar-refractivity contribution is 7.11. The van der Waals surface area contributed by atoms with Crippen LogP contribution in [-0.2, 0) is 6.42 Å². The molecule has 1 aliphatic heterocycles. The molecule has 0 unspecified atom stereocenters. The van der Waals surface area contributed by atoms with E-state index in [9.17, 15) is 0 Å². The largest absolute Gasteiger partial charge is 0.369 e. The number of aryl methyl sites for hydroxylation is 1. The van der Waals surface area contributed by atoms with Crippen molar-refractivity contribution in [2.45, 2.75) is 13.3 Å². The molecule has 0 bridgehead atoms. The number of hydrogen-bond donors (Lipinski definition) is 0. The van der Waals surface area contributed by atoms with Crippen molar-refractivity contribution in [3.8, 4) is 0 Å². The first-order valence-corrected chi connectivity index (χ1v) is 8.68. The van der Waals surface area contributed by atoms with Crippen molar-refractivity contribution < 1.29 is 0 Å². The van der Waals surface area contributed by atoms with Crippen LogP contribution in [0.4, 0.5) is 5.69 Å². The van der Waals surface area contributed by atoms with Crippen LogP contribution < -0.4 is 4.90 Å². The van der Waals surface area contributed by atoms with Crippen molar-refractivity contribution in [1.29, 1.82) is 0 Å². The van der Waals surface area contributed by atoms with E-state index in [2.05, 4.69) is 41.0 Å². The van der Waals surface area contributed by atoms with Crippen LogP contribution in [0, 0.1) is 6.92 Å². The molecule has 21 heavy (non-hydrogen) atoms. The molecule has 0 radical (unpaired) electrons. The average Bonchev–Trinajstić information content (AvgIpc) is 2.92. The Morgan fingerprint density at radius 3 is 2.33 bits per heavy atom. The van der Waals surface area contributed by atoms with Crippen LogP contribution in [-0.4, -0.2) is 37.6 Å². The van der Waals surface area contributed by atoms with Gasteiger partial charge in [0.25, 0.3) is 0 Å². The van der Waals surface area contributed by atoms with E-state index < -0.39 is 0 Å². The molecule has 1 saturated heterocycles. The molecule has 112 valence electrons. The Morgan fingerprint density at radius 1 is 1.00 bits per heavy atom. The van der Waals surface area contributed by atoms with Crippen molar-refractivity contribution in [3.05, 3.63) is 51.2 Å². The topological polar surface area (TPSA) is 6.48 Å². The quantitative estimate of drug-likeness (QED) is 0.837. The fraction of sp³-hybridized carbons (Fsp3) is 0.412.